The second-order valence-electron chi connectivity index (χ2n) is 16.0. The Labute approximate surface area is 264 Å². The summed E-state index contributed by atoms with van der Waals surface area (Å²) in [7, 11) is 0. The normalized spacial score (nSPS) is 56.0. The first-order valence-electron chi connectivity index (χ1n) is 16.7. The van der Waals surface area contributed by atoms with Gasteiger partial charge in [-0.2, -0.15) is 0 Å². The van der Waals surface area contributed by atoms with Gasteiger partial charge in [0.15, 0.2) is 12.6 Å². The van der Waals surface area contributed by atoms with Gasteiger partial charge in [-0.1, -0.05) is 20.8 Å². The molecule has 0 amide bonds. The van der Waals surface area contributed by atoms with Crippen LogP contribution in [0.1, 0.15) is 72.1 Å². The lowest BCUT2D eigenvalue weighted by atomic mass is 9.41. The Kier molecular flexibility index (Phi) is 9.25. The standard InChI is InChI=1S/C32H54O13/c1-29(2)18-6-9-31-10-15(32(41,13-31)14-42-27-25(39)23(37)21(35)16(11-33)43-27)4-5-19(31)30(18,3)8-7-20(29)45-28-26(40)24(38)22(36)17(12-34)44-28/h15-28,33-41H,4-14H2,1-3H3. The van der Waals surface area contributed by atoms with Gasteiger partial charge in [0.05, 0.1) is 31.5 Å². The molecule has 17 atom stereocenters. The van der Waals surface area contributed by atoms with E-state index < -0.39 is 80.2 Å². The third kappa shape index (κ3) is 5.42. The van der Waals surface area contributed by atoms with Crippen molar-refractivity contribution < 1.29 is 64.9 Å². The molecule has 17 unspecified atom stereocenters. The van der Waals surface area contributed by atoms with Crippen LogP contribution < -0.4 is 0 Å². The van der Waals surface area contributed by atoms with Gasteiger partial charge in [-0.25, -0.2) is 0 Å². The molecule has 45 heavy (non-hydrogen) atoms. The van der Waals surface area contributed by atoms with Gasteiger partial charge in [-0.3, -0.25) is 0 Å². The molecular formula is C32H54O13. The van der Waals surface area contributed by atoms with Crippen molar-refractivity contribution in [2.45, 2.75) is 145 Å². The summed E-state index contributed by atoms with van der Waals surface area (Å²) in [5, 5.41) is 93.1. The minimum Gasteiger partial charge on any atom is -0.394 e. The third-order valence-corrected chi connectivity index (χ3v) is 13.3. The number of hydrogen-bond acceptors (Lipinski definition) is 13. The summed E-state index contributed by atoms with van der Waals surface area (Å²) < 4.78 is 23.5. The maximum absolute atomic E-state index is 12.0. The first kappa shape index (κ1) is 34.3. The second kappa shape index (κ2) is 12.1. The van der Waals surface area contributed by atoms with Crippen molar-refractivity contribution in [2.75, 3.05) is 19.8 Å². The largest absolute Gasteiger partial charge is 0.394 e. The predicted molar refractivity (Wildman–Crippen MR) is 155 cm³/mol. The molecule has 2 saturated heterocycles. The van der Waals surface area contributed by atoms with Crippen molar-refractivity contribution in [3.63, 3.8) is 0 Å². The van der Waals surface area contributed by atoms with Gasteiger partial charge in [0, 0.05) is 0 Å². The molecular weight excluding hydrogens is 592 g/mol. The van der Waals surface area contributed by atoms with Crippen molar-refractivity contribution in [1.29, 1.82) is 0 Å². The number of ether oxygens (including phenoxy) is 4. The number of rotatable bonds is 7. The second-order valence-corrected chi connectivity index (χ2v) is 16.0. The molecule has 2 aliphatic heterocycles. The summed E-state index contributed by atoms with van der Waals surface area (Å²) in [6, 6.07) is 0. The molecule has 0 aromatic rings. The molecule has 6 fully saturated rings. The maximum atomic E-state index is 12.0. The van der Waals surface area contributed by atoms with Crippen LogP contribution in [0.2, 0.25) is 0 Å². The molecule has 1 spiro atoms. The van der Waals surface area contributed by atoms with Crippen LogP contribution in [0.25, 0.3) is 0 Å². The fourth-order valence-corrected chi connectivity index (χ4v) is 11.0. The molecule has 4 saturated carbocycles. The molecule has 4 aliphatic carbocycles. The highest BCUT2D eigenvalue weighted by Gasteiger charge is 2.68. The van der Waals surface area contributed by atoms with E-state index >= 15 is 0 Å². The van der Waals surface area contributed by atoms with Crippen LogP contribution in [-0.4, -0.2) is 139 Å². The lowest BCUT2D eigenvalue weighted by Gasteiger charge is -2.65. The van der Waals surface area contributed by atoms with Crippen LogP contribution in [0.5, 0.6) is 0 Å². The Morgan fingerprint density at radius 2 is 1.29 bits per heavy atom. The molecule has 0 aromatic heterocycles. The zero-order valence-corrected chi connectivity index (χ0v) is 26.5. The highest BCUT2D eigenvalue weighted by Crippen LogP contribution is 2.73. The summed E-state index contributed by atoms with van der Waals surface area (Å²) in [6.45, 7) is 5.60. The van der Waals surface area contributed by atoms with Crippen LogP contribution in [-0.2, 0) is 18.9 Å². The Balaban J connectivity index is 1.15. The average Bonchev–Trinajstić information content (AvgIpc) is 3.21. The molecule has 0 radical (unpaired) electrons. The molecule has 13 heteroatoms. The molecule has 9 N–H and O–H groups in total. The maximum Gasteiger partial charge on any atom is 0.186 e. The average molecular weight is 647 g/mol. The van der Waals surface area contributed by atoms with Crippen LogP contribution in [0, 0.1) is 34.0 Å². The van der Waals surface area contributed by atoms with E-state index in [0.29, 0.717) is 18.8 Å². The topological polar surface area (TPSA) is 219 Å². The molecule has 260 valence electrons. The Bertz CT molecular complexity index is 1060. The number of aliphatic hydroxyl groups is 9. The van der Waals surface area contributed by atoms with Gasteiger partial charge in [0.25, 0.3) is 0 Å². The minimum atomic E-state index is -1.54. The van der Waals surface area contributed by atoms with E-state index in [1.54, 1.807) is 0 Å². The van der Waals surface area contributed by atoms with Gasteiger partial charge >= 0.3 is 0 Å². The van der Waals surface area contributed by atoms with Gasteiger partial charge < -0.3 is 64.9 Å². The SMILES string of the molecule is CC1(C)C(OC2OC(CO)C(O)C(O)C2O)CCC2(C)C3CCC4CC3(CCC12)CC4(O)COC1OC(CO)C(O)C(O)C1O. The number of fused-ring (bicyclic) bond motifs is 3. The van der Waals surface area contributed by atoms with E-state index in [2.05, 4.69) is 20.8 Å². The third-order valence-electron chi connectivity index (χ3n) is 13.3. The summed E-state index contributed by atoms with van der Waals surface area (Å²) in [5.41, 5.74) is -1.57. The smallest absolute Gasteiger partial charge is 0.186 e. The van der Waals surface area contributed by atoms with Crippen LogP contribution in [0.3, 0.4) is 0 Å². The summed E-state index contributed by atoms with van der Waals surface area (Å²) in [4.78, 5) is 0. The van der Waals surface area contributed by atoms with Crippen molar-refractivity contribution in [1.82, 2.24) is 0 Å². The van der Waals surface area contributed by atoms with E-state index in [9.17, 15) is 46.0 Å². The van der Waals surface area contributed by atoms with Crippen molar-refractivity contribution in [3.8, 4) is 0 Å². The van der Waals surface area contributed by atoms with Crippen molar-refractivity contribution in [3.05, 3.63) is 0 Å². The van der Waals surface area contributed by atoms with Crippen LogP contribution >= 0.6 is 0 Å². The minimum absolute atomic E-state index is 0.0117. The van der Waals surface area contributed by atoms with Gasteiger partial charge in [0.2, 0.25) is 0 Å². The zero-order chi connectivity index (χ0) is 32.7. The van der Waals surface area contributed by atoms with Crippen molar-refractivity contribution >= 4 is 0 Å². The quantitative estimate of drug-likeness (QED) is 0.148. The fraction of sp³-hybridized carbons (Fsp3) is 1.00. The lowest BCUT2D eigenvalue weighted by molar-refractivity contribution is -0.329. The molecule has 13 nitrogen and oxygen atoms in total. The van der Waals surface area contributed by atoms with E-state index in [1.807, 2.05) is 0 Å². The van der Waals surface area contributed by atoms with Gasteiger partial charge in [-0.15, -0.1) is 0 Å². The molecule has 6 aliphatic rings. The Morgan fingerprint density at radius 3 is 1.91 bits per heavy atom. The lowest BCUT2D eigenvalue weighted by Crippen LogP contribution is -2.63. The molecule has 2 heterocycles. The Morgan fingerprint density at radius 1 is 0.689 bits per heavy atom. The summed E-state index contributed by atoms with van der Waals surface area (Å²) >= 11 is 0. The van der Waals surface area contributed by atoms with E-state index in [4.69, 9.17) is 18.9 Å². The highest BCUT2D eigenvalue weighted by molar-refractivity contribution is 5.17. The predicted octanol–water partition coefficient (Wildman–Crippen LogP) is -1.24. The number of hydrogen-bond donors (Lipinski definition) is 9. The first-order valence-corrected chi connectivity index (χ1v) is 16.7. The fourth-order valence-electron chi connectivity index (χ4n) is 11.0. The van der Waals surface area contributed by atoms with E-state index in [1.165, 1.54) is 0 Å². The van der Waals surface area contributed by atoms with E-state index in [-0.39, 0.29) is 40.8 Å². The first-order chi connectivity index (χ1) is 21.1. The zero-order valence-electron chi connectivity index (χ0n) is 26.5. The van der Waals surface area contributed by atoms with Crippen molar-refractivity contribution in [2.24, 2.45) is 34.0 Å². The van der Waals surface area contributed by atoms with E-state index in [0.717, 1.165) is 38.5 Å². The molecule has 2 bridgehead atoms. The Hall–Kier alpha value is -0.520. The monoisotopic (exact) mass is 646 g/mol. The summed E-state index contributed by atoms with van der Waals surface area (Å²) in [5.74, 6) is 0.645. The highest BCUT2D eigenvalue weighted by atomic mass is 16.7. The van der Waals surface area contributed by atoms with Crippen LogP contribution in [0.15, 0.2) is 0 Å². The molecule has 0 aromatic carbocycles. The molecule has 6 rings (SSSR count). The van der Waals surface area contributed by atoms with Gasteiger partial charge in [-0.05, 0) is 85.4 Å². The van der Waals surface area contributed by atoms with Gasteiger partial charge in [0.1, 0.15) is 48.8 Å². The van der Waals surface area contributed by atoms with Crippen LogP contribution in [0.4, 0.5) is 0 Å². The summed E-state index contributed by atoms with van der Waals surface area (Å²) in [6.07, 6.45) is -7.11. The number of aliphatic hydroxyl groups excluding tert-OH is 8.